The van der Waals surface area contributed by atoms with Crippen molar-refractivity contribution in [3.05, 3.63) is 26.8 Å². The second-order valence-electron chi connectivity index (χ2n) is 5.69. The van der Waals surface area contributed by atoms with Gasteiger partial charge in [-0.25, -0.2) is 0 Å². The van der Waals surface area contributed by atoms with E-state index in [1.165, 1.54) is 66.1 Å². The zero-order valence-corrected chi connectivity index (χ0v) is 15.5. The molecule has 0 aliphatic carbocycles. The molecule has 2 heteroatoms. The molecule has 1 nitrogen and oxygen atoms in total. The lowest BCUT2D eigenvalue weighted by atomic mass is 10.1. The molecule has 0 unspecified atom stereocenters. The van der Waals surface area contributed by atoms with Gasteiger partial charge in [0.15, 0.2) is 0 Å². The van der Waals surface area contributed by atoms with Crippen molar-refractivity contribution in [3.8, 4) is 5.75 Å². The summed E-state index contributed by atoms with van der Waals surface area (Å²) in [6, 6.07) is 4.30. The smallest absolute Gasteiger partial charge is 0.119 e. The number of benzene rings is 1. The van der Waals surface area contributed by atoms with Crippen LogP contribution in [0.2, 0.25) is 0 Å². The summed E-state index contributed by atoms with van der Waals surface area (Å²) in [5, 5.41) is 0. The van der Waals surface area contributed by atoms with E-state index in [0.29, 0.717) is 0 Å². The summed E-state index contributed by atoms with van der Waals surface area (Å²) in [5.41, 5.74) is 2.63. The van der Waals surface area contributed by atoms with Crippen LogP contribution < -0.4 is 4.74 Å². The number of aryl methyl sites for hydroxylation is 2. The zero-order chi connectivity index (χ0) is 14.8. The maximum absolute atomic E-state index is 5.86. The van der Waals surface area contributed by atoms with Gasteiger partial charge >= 0.3 is 0 Å². The predicted molar refractivity (Wildman–Crippen MR) is 96.7 cm³/mol. The molecule has 0 saturated heterocycles. The van der Waals surface area contributed by atoms with Crippen LogP contribution in [0.25, 0.3) is 0 Å². The quantitative estimate of drug-likeness (QED) is 0.332. The van der Waals surface area contributed by atoms with Crippen molar-refractivity contribution < 1.29 is 4.74 Å². The Morgan fingerprint density at radius 1 is 0.850 bits per heavy atom. The van der Waals surface area contributed by atoms with Crippen molar-refractivity contribution in [2.75, 3.05) is 6.61 Å². The van der Waals surface area contributed by atoms with Gasteiger partial charge in [0.25, 0.3) is 0 Å². The minimum Gasteiger partial charge on any atom is -0.494 e. The first kappa shape index (κ1) is 17.8. The second kappa shape index (κ2) is 10.5. The molecule has 0 atom stereocenters. The fraction of sp³-hybridized carbons (Fsp3) is 0.667. The van der Waals surface area contributed by atoms with Gasteiger partial charge in [0.1, 0.15) is 5.75 Å². The first-order chi connectivity index (χ1) is 9.65. The second-order valence-corrected chi connectivity index (χ2v) is 6.77. The minimum absolute atomic E-state index is 0.856. The molecular weight excluding hydrogens is 359 g/mol. The van der Waals surface area contributed by atoms with Crippen LogP contribution in [0.3, 0.4) is 0 Å². The molecular formula is C18H29IO. The number of unbranched alkanes of at least 4 members (excludes halogenated alkanes) is 7. The van der Waals surface area contributed by atoms with Crippen molar-refractivity contribution in [1.29, 1.82) is 0 Å². The molecule has 0 aliphatic heterocycles. The molecule has 20 heavy (non-hydrogen) atoms. The zero-order valence-electron chi connectivity index (χ0n) is 13.3. The Balaban J connectivity index is 2.10. The van der Waals surface area contributed by atoms with Gasteiger partial charge in [-0.1, -0.05) is 51.9 Å². The number of rotatable bonds is 10. The van der Waals surface area contributed by atoms with Crippen LogP contribution in [-0.2, 0) is 0 Å². The van der Waals surface area contributed by atoms with Gasteiger partial charge in [-0.3, -0.25) is 0 Å². The normalized spacial score (nSPS) is 10.8. The third kappa shape index (κ3) is 6.96. The molecule has 0 bridgehead atoms. The van der Waals surface area contributed by atoms with Crippen LogP contribution in [0.5, 0.6) is 5.75 Å². The Morgan fingerprint density at radius 3 is 1.90 bits per heavy atom. The third-order valence-electron chi connectivity index (χ3n) is 3.68. The fourth-order valence-corrected chi connectivity index (χ4v) is 2.73. The van der Waals surface area contributed by atoms with Gasteiger partial charge in [-0.15, -0.1) is 0 Å². The predicted octanol–water partition coefficient (Wildman–Crippen LogP) is 6.43. The summed E-state index contributed by atoms with van der Waals surface area (Å²) < 4.78 is 7.21. The van der Waals surface area contributed by atoms with Gasteiger partial charge in [0.2, 0.25) is 0 Å². The van der Waals surface area contributed by atoms with E-state index >= 15 is 0 Å². The van der Waals surface area contributed by atoms with E-state index in [1.54, 1.807) is 0 Å². The van der Waals surface area contributed by atoms with Gasteiger partial charge in [0, 0.05) is 3.57 Å². The lowest BCUT2D eigenvalue weighted by Gasteiger charge is -2.10. The van der Waals surface area contributed by atoms with Gasteiger partial charge < -0.3 is 4.74 Å². The highest BCUT2D eigenvalue weighted by Gasteiger charge is 2.02. The fourth-order valence-electron chi connectivity index (χ4n) is 2.42. The molecule has 0 aliphatic rings. The molecule has 0 radical (unpaired) electrons. The van der Waals surface area contributed by atoms with Gasteiger partial charge in [-0.05, 0) is 66.1 Å². The van der Waals surface area contributed by atoms with E-state index < -0.39 is 0 Å². The van der Waals surface area contributed by atoms with Crippen LogP contribution in [-0.4, -0.2) is 6.61 Å². The Morgan fingerprint density at radius 2 is 1.35 bits per heavy atom. The molecule has 1 rings (SSSR count). The van der Waals surface area contributed by atoms with Crippen molar-refractivity contribution in [2.45, 2.75) is 72.1 Å². The molecule has 0 fully saturated rings. The largest absolute Gasteiger partial charge is 0.494 e. The summed E-state index contributed by atoms with van der Waals surface area (Å²) in [6.07, 6.45) is 10.8. The van der Waals surface area contributed by atoms with E-state index in [0.717, 1.165) is 12.4 Å². The van der Waals surface area contributed by atoms with Crippen molar-refractivity contribution in [2.24, 2.45) is 0 Å². The Kier molecular flexibility index (Phi) is 9.32. The number of ether oxygens (including phenoxy) is 1. The summed E-state index contributed by atoms with van der Waals surface area (Å²) >= 11 is 2.40. The number of hydrogen-bond donors (Lipinski definition) is 0. The van der Waals surface area contributed by atoms with Crippen LogP contribution in [0.4, 0.5) is 0 Å². The SMILES string of the molecule is CCCCCCCCCCOc1cc(C)c(I)c(C)c1. The van der Waals surface area contributed by atoms with Crippen molar-refractivity contribution in [3.63, 3.8) is 0 Å². The molecule has 0 N–H and O–H groups in total. The molecule has 1 aromatic carbocycles. The monoisotopic (exact) mass is 388 g/mol. The Hall–Kier alpha value is -0.250. The maximum atomic E-state index is 5.86. The highest BCUT2D eigenvalue weighted by atomic mass is 127. The van der Waals surface area contributed by atoms with Crippen LogP contribution >= 0.6 is 22.6 Å². The average molecular weight is 388 g/mol. The maximum Gasteiger partial charge on any atom is 0.119 e. The Bertz CT molecular complexity index is 364. The molecule has 1 aromatic rings. The molecule has 0 amide bonds. The van der Waals surface area contributed by atoms with Gasteiger partial charge in [-0.2, -0.15) is 0 Å². The summed E-state index contributed by atoms with van der Waals surface area (Å²) in [4.78, 5) is 0. The summed E-state index contributed by atoms with van der Waals surface area (Å²) in [7, 11) is 0. The van der Waals surface area contributed by atoms with E-state index in [2.05, 4.69) is 55.5 Å². The molecule has 0 spiro atoms. The standard InChI is InChI=1S/C18H29IO/c1-4-5-6-7-8-9-10-11-12-20-17-13-15(2)18(19)16(3)14-17/h13-14H,4-12H2,1-3H3. The van der Waals surface area contributed by atoms with E-state index in [4.69, 9.17) is 4.74 Å². The Labute approximate surface area is 138 Å². The molecule has 0 aromatic heterocycles. The van der Waals surface area contributed by atoms with E-state index in [1.807, 2.05) is 0 Å². The van der Waals surface area contributed by atoms with Crippen LogP contribution in [0.1, 0.15) is 69.4 Å². The minimum atomic E-state index is 0.856. The third-order valence-corrected chi connectivity index (χ3v) is 5.38. The summed E-state index contributed by atoms with van der Waals surface area (Å²) in [5.74, 6) is 1.03. The average Bonchev–Trinajstić information content (AvgIpc) is 2.43. The lowest BCUT2D eigenvalue weighted by Crippen LogP contribution is -1.99. The summed E-state index contributed by atoms with van der Waals surface area (Å²) in [6.45, 7) is 7.43. The molecule has 114 valence electrons. The lowest BCUT2D eigenvalue weighted by molar-refractivity contribution is 0.304. The van der Waals surface area contributed by atoms with Gasteiger partial charge in [0.05, 0.1) is 6.61 Å². The number of halogens is 1. The highest BCUT2D eigenvalue weighted by Crippen LogP contribution is 2.23. The van der Waals surface area contributed by atoms with E-state index in [-0.39, 0.29) is 0 Å². The van der Waals surface area contributed by atoms with Crippen molar-refractivity contribution in [1.82, 2.24) is 0 Å². The van der Waals surface area contributed by atoms with Crippen LogP contribution in [0, 0.1) is 17.4 Å². The highest BCUT2D eigenvalue weighted by molar-refractivity contribution is 14.1. The first-order valence-electron chi connectivity index (χ1n) is 8.04. The van der Waals surface area contributed by atoms with Crippen molar-refractivity contribution >= 4 is 22.6 Å². The molecule has 0 heterocycles. The number of hydrogen-bond acceptors (Lipinski definition) is 1. The molecule has 0 saturated carbocycles. The van der Waals surface area contributed by atoms with E-state index in [9.17, 15) is 0 Å². The topological polar surface area (TPSA) is 9.23 Å². The first-order valence-corrected chi connectivity index (χ1v) is 9.12. The van der Waals surface area contributed by atoms with Crippen LogP contribution in [0.15, 0.2) is 12.1 Å².